The Hall–Kier alpha value is -1.86. The summed E-state index contributed by atoms with van der Waals surface area (Å²) in [6.45, 7) is 4.15. The lowest BCUT2D eigenvalue weighted by Crippen LogP contribution is -2.37. The molecule has 2 heterocycles. The van der Waals surface area contributed by atoms with Crippen LogP contribution in [0.25, 0.3) is 0 Å². The van der Waals surface area contributed by atoms with Crippen LogP contribution in [0.15, 0.2) is 36.4 Å². The van der Waals surface area contributed by atoms with Crippen molar-refractivity contribution < 1.29 is 13.9 Å². The number of amides is 1. The van der Waals surface area contributed by atoms with Gasteiger partial charge in [-0.05, 0) is 61.7 Å². The van der Waals surface area contributed by atoms with Crippen LogP contribution in [-0.4, -0.2) is 55.7 Å². The van der Waals surface area contributed by atoms with Crippen LogP contribution in [0.1, 0.15) is 28.8 Å². The van der Waals surface area contributed by atoms with Gasteiger partial charge in [0, 0.05) is 37.8 Å². The van der Waals surface area contributed by atoms with Crippen molar-refractivity contribution >= 4 is 29.1 Å². The number of carbonyl (C=O) groups excluding carboxylic acids is 1. The van der Waals surface area contributed by atoms with Crippen LogP contribution in [0.3, 0.4) is 0 Å². The highest BCUT2D eigenvalue weighted by molar-refractivity contribution is 6.42. The first-order valence-corrected chi connectivity index (χ1v) is 11.4. The van der Waals surface area contributed by atoms with Crippen molar-refractivity contribution in [2.24, 2.45) is 0 Å². The summed E-state index contributed by atoms with van der Waals surface area (Å²) in [5, 5.41) is 7.06. The predicted octanol–water partition coefficient (Wildman–Crippen LogP) is 3.92. The number of rotatable bonds is 7. The van der Waals surface area contributed by atoms with E-state index in [1.54, 1.807) is 30.3 Å². The van der Waals surface area contributed by atoms with E-state index in [0.29, 0.717) is 21.4 Å². The third kappa shape index (κ3) is 5.89. The van der Waals surface area contributed by atoms with E-state index in [2.05, 4.69) is 15.5 Å². The van der Waals surface area contributed by atoms with Gasteiger partial charge in [0.25, 0.3) is 5.91 Å². The molecule has 166 valence electrons. The van der Waals surface area contributed by atoms with Crippen molar-refractivity contribution in [1.29, 1.82) is 0 Å². The second-order valence-electron chi connectivity index (χ2n) is 8.14. The molecule has 2 aliphatic rings. The van der Waals surface area contributed by atoms with Gasteiger partial charge in [-0.3, -0.25) is 4.79 Å². The lowest BCUT2D eigenvalue weighted by atomic mass is 10.1. The van der Waals surface area contributed by atoms with Crippen molar-refractivity contribution in [2.75, 3.05) is 32.7 Å². The highest BCUT2D eigenvalue weighted by atomic mass is 35.5. The number of ether oxygens (including phenoxy) is 1. The summed E-state index contributed by atoms with van der Waals surface area (Å²) in [5.74, 6) is -0.137. The topological polar surface area (TPSA) is 53.6 Å². The van der Waals surface area contributed by atoms with Crippen LogP contribution in [-0.2, 0) is 6.42 Å². The molecule has 2 aromatic carbocycles. The van der Waals surface area contributed by atoms with Gasteiger partial charge in [-0.25, -0.2) is 4.39 Å². The largest absolute Gasteiger partial charge is 0.486 e. The van der Waals surface area contributed by atoms with E-state index in [1.807, 2.05) is 6.07 Å². The predicted molar refractivity (Wildman–Crippen MR) is 121 cm³/mol. The van der Waals surface area contributed by atoms with Gasteiger partial charge in [0.05, 0.1) is 10.0 Å². The Balaban J connectivity index is 1.24. The molecule has 0 radical (unpaired) electrons. The van der Waals surface area contributed by atoms with Crippen molar-refractivity contribution in [3.8, 4) is 5.75 Å². The fraction of sp³-hybridized carbons (Fsp3) is 0.435. The summed E-state index contributed by atoms with van der Waals surface area (Å²) in [7, 11) is 0. The van der Waals surface area contributed by atoms with Crippen LogP contribution in [0.5, 0.6) is 5.75 Å². The number of nitrogens with one attached hydrogen (secondary N) is 2. The Labute approximate surface area is 191 Å². The minimum Gasteiger partial charge on any atom is -0.486 e. The molecule has 5 nitrogen and oxygen atoms in total. The monoisotopic (exact) mass is 465 g/mol. The summed E-state index contributed by atoms with van der Waals surface area (Å²) in [6.07, 6.45) is 2.57. The zero-order valence-corrected chi connectivity index (χ0v) is 18.7. The summed E-state index contributed by atoms with van der Waals surface area (Å²) in [5.41, 5.74) is 1.44. The molecule has 31 heavy (non-hydrogen) atoms. The highest BCUT2D eigenvalue weighted by Crippen LogP contribution is 2.24. The average molecular weight is 466 g/mol. The molecule has 0 bridgehead atoms. The van der Waals surface area contributed by atoms with Gasteiger partial charge in [0.2, 0.25) is 0 Å². The first-order chi connectivity index (χ1) is 15.0. The Morgan fingerprint density at radius 3 is 2.81 bits per heavy atom. The summed E-state index contributed by atoms with van der Waals surface area (Å²) < 4.78 is 20.1. The number of benzene rings is 2. The zero-order valence-electron chi connectivity index (χ0n) is 17.2. The van der Waals surface area contributed by atoms with Crippen molar-refractivity contribution in [3.05, 3.63) is 63.4 Å². The third-order valence-electron chi connectivity index (χ3n) is 5.81. The Bertz CT molecular complexity index is 937. The number of likely N-dealkylation sites (tertiary alicyclic amines) is 1. The number of hydrogen-bond acceptors (Lipinski definition) is 4. The Kier molecular flexibility index (Phi) is 7.33. The van der Waals surface area contributed by atoms with Gasteiger partial charge in [-0.15, -0.1) is 0 Å². The molecule has 0 spiro atoms. The van der Waals surface area contributed by atoms with Gasteiger partial charge in [0.1, 0.15) is 6.10 Å². The quantitative estimate of drug-likeness (QED) is 0.650. The molecule has 0 unspecified atom stereocenters. The van der Waals surface area contributed by atoms with Gasteiger partial charge in [-0.1, -0.05) is 29.3 Å². The first kappa shape index (κ1) is 22.3. The van der Waals surface area contributed by atoms with Gasteiger partial charge in [0.15, 0.2) is 11.6 Å². The molecular weight excluding hydrogens is 440 g/mol. The van der Waals surface area contributed by atoms with Gasteiger partial charge in [-0.2, -0.15) is 0 Å². The molecule has 0 saturated carbocycles. The van der Waals surface area contributed by atoms with E-state index >= 15 is 0 Å². The molecule has 2 aliphatic heterocycles. The number of carbonyl (C=O) groups is 1. The molecule has 4 rings (SSSR count). The van der Waals surface area contributed by atoms with Crippen molar-refractivity contribution in [2.45, 2.75) is 31.4 Å². The fourth-order valence-corrected chi connectivity index (χ4v) is 4.35. The molecule has 2 fully saturated rings. The fourth-order valence-electron chi connectivity index (χ4n) is 4.05. The average Bonchev–Trinajstić information content (AvgIpc) is 3.42. The molecule has 8 heteroatoms. The maximum absolute atomic E-state index is 14.4. The van der Waals surface area contributed by atoms with Crippen molar-refractivity contribution in [1.82, 2.24) is 15.5 Å². The smallest absolute Gasteiger partial charge is 0.251 e. The van der Waals surface area contributed by atoms with Crippen LogP contribution < -0.4 is 15.4 Å². The number of nitrogens with zero attached hydrogens (tertiary/aromatic N) is 1. The zero-order chi connectivity index (χ0) is 21.8. The Morgan fingerprint density at radius 1 is 1.19 bits per heavy atom. The SMILES string of the molecule is O=C(N[C@H]1CCN(CCc2ccc(O[C@H]3CCNC3)c(F)c2)C1)c1ccc(Cl)c(Cl)c1. The summed E-state index contributed by atoms with van der Waals surface area (Å²) >= 11 is 11.9. The second-order valence-corrected chi connectivity index (χ2v) is 8.95. The lowest BCUT2D eigenvalue weighted by Gasteiger charge is -2.17. The minimum atomic E-state index is -0.308. The molecule has 0 aliphatic carbocycles. The first-order valence-electron chi connectivity index (χ1n) is 10.6. The molecular formula is C23H26Cl2FN3O2. The standard InChI is InChI=1S/C23H26Cl2FN3O2/c24-19-3-2-16(12-20(19)25)23(30)28-17-7-10-29(14-17)9-6-15-1-4-22(21(26)11-15)31-18-5-8-27-13-18/h1-4,11-12,17-18,27H,5-10,13-14H2,(H,28,30)/t17-,18-/m0/s1. The van der Waals surface area contributed by atoms with E-state index < -0.39 is 0 Å². The van der Waals surface area contributed by atoms with Gasteiger partial charge < -0.3 is 20.3 Å². The van der Waals surface area contributed by atoms with Gasteiger partial charge >= 0.3 is 0 Å². The second kappa shape index (κ2) is 10.2. The summed E-state index contributed by atoms with van der Waals surface area (Å²) in [6, 6.07) is 10.2. The van der Waals surface area contributed by atoms with Crippen LogP contribution >= 0.6 is 23.2 Å². The van der Waals surface area contributed by atoms with E-state index in [1.165, 1.54) is 0 Å². The maximum atomic E-state index is 14.4. The van der Waals surface area contributed by atoms with Crippen LogP contribution in [0, 0.1) is 5.82 Å². The van der Waals surface area contributed by atoms with E-state index in [9.17, 15) is 9.18 Å². The van der Waals surface area contributed by atoms with E-state index in [0.717, 1.165) is 57.5 Å². The van der Waals surface area contributed by atoms with Crippen molar-refractivity contribution in [3.63, 3.8) is 0 Å². The van der Waals surface area contributed by atoms with E-state index in [-0.39, 0.29) is 23.9 Å². The normalized spacial score (nSPS) is 21.4. The Morgan fingerprint density at radius 2 is 2.06 bits per heavy atom. The van der Waals surface area contributed by atoms with Crippen LogP contribution in [0.2, 0.25) is 10.0 Å². The molecule has 2 atom stereocenters. The highest BCUT2D eigenvalue weighted by Gasteiger charge is 2.24. The lowest BCUT2D eigenvalue weighted by molar-refractivity contribution is 0.0938. The van der Waals surface area contributed by atoms with E-state index in [4.69, 9.17) is 27.9 Å². The molecule has 2 aromatic rings. The minimum absolute atomic E-state index is 0.0426. The number of halogens is 3. The molecule has 2 saturated heterocycles. The molecule has 2 N–H and O–H groups in total. The van der Waals surface area contributed by atoms with Crippen LogP contribution in [0.4, 0.5) is 4.39 Å². The summed E-state index contributed by atoms with van der Waals surface area (Å²) in [4.78, 5) is 14.7. The molecule has 1 amide bonds. The maximum Gasteiger partial charge on any atom is 0.251 e. The number of hydrogen-bond donors (Lipinski definition) is 2. The molecule has 0 aromatic heterocycles. The third-order valence-corrected chi connectivity index (χ3v) is 6.55.